The van der Waals surface area contributed by atoms with Crippen LogP contribution in [0, 0.1) is 10.1 Å². The van der Waals surface area contributed by atoms with Gasteiger partial charge in [0.25, 0.3) is 5.69 Å². The zero-order valence-electron chi connectivity index (χ0n) is 16.1. The van der Waals surface area contributed by atoms with Gasteiger partial charge < -0.3 is 4.57 Å². The number of hydrogen-bond donors (Lipinski definition) is 0. The summed E-state index contributed by atoms with van der Waals surface area (Å²) in [6.07, 6.45) is 0.854. The van der Waals surface area contributed by atoms with Crippen LogP contribution in [0.15, 0.2) is 84.9 Å². The molecule has 0 aliphatic carbocycles. The molecule has 5 rings (SSSR count). The molecule has 0 N–H and O–H groups in total. The van der Waals surface area contributed by atoms with E-state index in [2.05, 4.69) is 22.8 Å². The molecule has 0 unspecified atom stereocenters. The summed E-state index contributed by atoms with van der Waals surface area (Å²) in [6.45, 7) is 0.716. The van der Waals surface area contributed by atoms with Crippen molar-refractivity contribution in [2.24, 2.45) is 0 Å². The summed E-state index contributed by atoms with van der Waals surface area (Å²) in [5, 5.41) is 11.0. The number of rotatable bonds is 4. The number of nitrogens with zero attached hydrogens (tertiary/aromatic N) is 2. The molecular weight excluding hydrogens is 376 g/mol. The Labute approximate surface area is 173 Å². The molecule has 1 aliphatic heterocycles. The number of carbonyl (C=O) groups is 1. The molecule has 5 nitrogen and oxygen atoms in total. The predicted molar refractivity (Wildman–Crippen MR) is 116 cm³/mol. The first-order valence-electron chi connectivity index (χ1n) is 9.80. The van der Waals surface area contributed by atoms with Crippen LogP contribution >= 0.6 is 0 Å². The maximum absolute atomic E-state index is 13.6. The molecule has 1 aromatic heterocycles. The van der Waals surface area contributed by atoms with Gasteiger partial charge in [-0.05, 0) is 35.7 Å². The van der Waals surface area contributed by atoms with E-state index >= 15 is 0 Å². The maximum atomic E-state index is 13.6. The van der Waals surface area contributed by atoms with Crippen molar-refractivity contribution in [1.82, 2.24) is 4.57 Å². The van der Waals surface area contributed by atoms with E-state index in [0.717, 1.165) is 28.8 Å². The number of aryl methyl sites for hydroxylation is 1. The number of carbonyl (C=O) groups excluding carboxylic acids is 1. The van der Waals surface area contributed by atoms with Gasteiger partial charge in [-0.1, -0.05) is 54.6 Å². The predicted octanol–water partition coefficient (Wildman–Crippen LogP) is 5.52. The zero-order chi connectivity index (χ0) is 20.7. The highest BCUT2D eigenvalue weighted by molar-refractivity contribution is 6.13. The summed E-state index contributed by atoms with van der Waals surface area (Å²) in [7, 11) is 0. The molecule has 0 fully saturated rings. The van der Waals surface area contributed by atoms with Crippen LogP contribution in [0.25, 0.3) is 22.4 Å². The summed E-state index contributed by atoms with van der Waals surface area (Å²) in [6, 6.07) is 26.1. The number of ketones is 1. The Morgan fingerprint density at radius 2 is 1.57 bits per heavy atom. The van der Waals surface area contributed by atoms with Crippen LogP contribution in [0.3, 0.4) is 0 Å². The van der Waals surface area contributed by atoms with Crippen LogP contribution in [0.4, 0.5) is 5.69 Å². The maximum Gasteiger partial charge on any atom is 0.269 e. The minimum absolute atomic E-state index is 0.0269. The Balaban J connectivity index is 1.70. The summed E-state index contributed by atoms with van der Waals surface area (Å²) >= 11 is 0. The topological polar surface area (TPSA) is 65.1 Å². The molecule has 146 valence electrons. The lowest BCUT2D eigenvalue weighted by Crippen LogP contribution is -2.17. The number of aromatic nitrogens is 1. The second kappa shape index (κ2) is 7.12. The fourth-order valence-electron chi connectivity index (χ4n) is 4.18. The van der Waals surface area contributed by atoms with Gasteiger partial charge in [-0.15, -0.1) is 0 Å². The van der Waals surface area contributed by atoms with E-state index in [1.807, 2.05) is 42.5 Å². The molecule has 5 heteroatoms. The van der Waals surface area contributed by atoms with Crippen LogP contribution in [-0.2, 0) is 13.0 Å². The van der Waals surface area contributed by atoms with Crippen molar-refractivity contribution < 1.29 is 9.72 Å². The SMILES string of the molecule is O=C(c1ccc([N+](=O)[O-])cc1)c1c(-c2ccccc2)cc2n1CCc1ccccc1-2. The lowest BCUT2D eigenvalue weighted by Gasteiger charge is -2.21. The molecule has 0 spiro atoms. The van der Waals surface area contributed by atoms with E-state index in [1.165, 1.54) is 29.8 Å². The minimum Gasteiger partial charge on any atom is -0.337 e. The van der Waals surface area contributed by atoms with Gasteiger partial charge in [-0.25, -0.2) is 0 Å². The number of non-ortho nitro benzene ring substituents is 1. The third-order valence-electron chi connectivity index (χ3n) is 5.64. The normalized spacial score (nSPS) is 12.1. The van der Waals surface area contributed by atoms with Crippen molar-refractivity contribution in [3.8, 4) is 22.4 Å². The molecule has 0 saturated carbocycles. The van der Waals surface area contributed by atoms with Crippen LogP contribution in [0.5, 0.6) is 0 Å². The monoisotopic (exact) mass is 394 g/mol. The Bertz CT molecular complexity index is 1270. The zero-order valence-corrected chi connectivity index (χ0v) is 16.1. The van der Waals surface area contributed by atoms with Crippen molar-refractivity contribution in [2.75, 3.05) is 0 Å². The number of nitro groups is 1. The lowest BCUT2D eigenvalue weighted by atomic mass is 9.98. The van der Waals surface area contributed by atoms with Crippen molar-refractivity contribution in [3.63, 3.8) is 0 Å². The highest BCUT2D eigenvalue weighted by Crippen LogP contribution is 2.38. The Morgan fingerprint density at radius 3 is 2.30 bits per heavy atom. The molecule has 0 amide bonds. The van der Waals surface area contributed by atoms with Crippen molar-refractivity contribution in [2.45, 2.75) is 13.0 Å². The minimum atomic E-state index is -0.459. The third kappa shape index (κ3) is 2.92. The molecule has 0 saturated heterocycles. The molecule has 0 bridgehead atoms. The van der Waals surface area contributed by atoms with Gasteiger partial charge in [0, 0.05) is 41.1 Å². The van der Waals surface area contributed by atoms with Gasteiger partial charge in [-0.3, -0.25) is 14.9 Å². The molecule has 30 heavy (non-hydrogen) atoms. The number of benzene rings is 3. The first kappa shape index (κ1) is 18.1. The highest BCUT2D eigenvalue weighted by atomic mass is 16.6. The Kier molecular flexibility index (Phi) is 4.29. The summed E-state index contributed by atoms with van der Waals surface area (Å²) in [4.78, 5) is 24.1. The number of nitro benzene ring substituents is 1. The smallest absolute Gasteiger partial charge is 0.269 e. The summed E-state index contributed by atoms with van der Waals surface area (Å²) in [5.74, 6) is -0.130. The molecule has 1 aliphatic rings. The highest BCUT2D eigenvalue weighted by Gasteiger charge is 2.27. The van der Waals surface area contributed by atoms with E-state index in [4.69, 9.17) is 0 Å². The number of fused-ring (bicyclic) bond motifs is 3. The second-order valence-electron chi connectivity index (χ2n) is 7.35. The van der Waals surface area contributed by atoms with E-state index in [1.54, 1.807) is 0 Å². The van der Waals surface area contributed by atoms with Gasteiger partial charge in [0.15, 0.2) is 0 Å². The standard InChI is InChI=1S/C25H18N2O3/c28-25(19-10-12-20(13-11-19)27(29)30)24-22(17-6-2-1-3-7-17)16-23-21-9-5-4-8-18(21)14-15-26(23)24/h1-13,16H,14-15H2. The van der Waals surface area contributed by atoms with E-state index < -0.39 is 4.92 Å². The fourth-order valence-corrected chi connectivity index (χ4v) is 4.18. The van der Waals surface area contributed by atoms with Gasteiger partial charge in [0.1, 0.15) is 0 Å². The van der Waals surface area contributed by atoms with Crippen LogP contribution < -0.4 is 0 Å². The summed E-state index contributed by atoms with van der Waals surface area (Å²) < 4.78 is 2.09. The summed E-state index contributed by atoms with van der Waals surface area (Å²) in [5.41, 5.74) is 6.34. The van der Waals surface area contributed by atoms with Crippen molar-refractivity contribution in [1.29, 1.82) is 0 Å². The molecule has 0 radical (unpaired) electrons. The molecule has 4 aromatic rings. The van der Waals surface area contributed by atoms with Gasteiger partial charge >= 0.3 is 0 Å². The third-order valence-corrected chi connectivity index (χ3v) is 5.64. The van der Waals surface area contributed by atoms with Crippen LogP contribution in [0.1, 0.15) is 21.6 Å². The van der Waals surface area contributed by atoms with E-state index in [0.29, 0.717) is 17.8 Å². The average molecular weight is 394 g/mol. The van der Waals surface area contributed by atoms with Gasteiger partial charge in [-0.2, -0.15) is 0 Å². The van der Waals surface area contributed by atoms with E-state index in [9.17, 15) is 14.9 Å². The Hall–Kier alpha value is -3.99. The first-order chi connectivity index (χ1) is 14.6. The molecule has 0 atom stereocenters. The van der Waals surface area contributed by atoms with Gasteiger partial charge in [0.2, 0.25) is 5.78 Å². The molecule has 2 heterocycles. The van der Waals surface area contributed by atoms with E-state index in [-0.39, 0.29) is 11.5 Å². The Morgan fingerprint density at radius 1 is 0.867 bits per heavy atom. The van der Waals surface area contributed by atoms with Crippen LogP contribution in [-0.4, -0.2) is 15.3 Å². The first-order valence-corrected chi connectivity index (χ1v) is 9.80. The molecular formula is C25H18N2O3. The second-order valence-corrected chi connectivity index (χ2v) is 7.35. The van der Waals surface area contributed by atoms with Crippen molar-refractivity contribution >= 4 is 11.5 Å². The average Bonchev–Trinajstić information content (AvgIpc) is 3.19. The molecule has 3 aromatic carbocycles. The van der Waals surface area contributed by atoms with Crippen LogP contribution in [0.2, 0.25) is 0 Å². The van der Waals surface area contributed by atoms with Crippen molar-refractivity contribution in [3.05, 3.63) is 112 Å². The fraction of sp³-hybridized carbons (Fsp3) is 0.0800. The van der Waals surface area contributed by atoms with Gasteiger partial charge in [0.05, 0.1) is 10.6 Å². The number of hydrogen-bond acceptors (Lipinski definition) is 3. The lowest BCUT2D eigenvalue weighted by molar-refractivity contribution is -0.384. The largest absolute Gasteiger partial charge is 0.337 e. The quantitative estimate of drug-likeness (QED) is 0.260.